The Balaban J connectivity index is 1.68. The smallest absolute Gasteiger partial charge is 0.234 e. The van der Waals surface area contributed by atoms with Crippen molar-refractivity contribution >= 4 is 79.7 Å². The molecule has 0 unspecified atom stereocenters. The van der Waals surface area contributed by atoms with Gasteiger partial charge in [-0.2, -0.15) is 0 Å². The van der Waals surface area contributed by atoms with Gasteiger partial charge in [0.15, 0.2) is 4.34 Å². The summed E-state index contributed by atoms with van der Waals surface area (Å²) in [6.45, 7) is 1.86. The Morgan fingerprint density at radius 3 is 2.83 bits per heavy atom. The van der Waals surface area contributed by atoms with Crippen LogP contribution in [0.3, 0.4) is 0 Å². The van der Waals surface area contributed by atoms with E-state index < -0.39 is 0 Å². The van der Waals surface area contributed by atoms with Crippen molar-refractivity contribution in [3.8, 4) is 0 Å². The zero-order valence-corrected chi connectivity index (χ0v) is 16.3. The van der Waals surface area contributed by atoms with Gasteiger partial charge in [-0.3, -0.25) is 4.79 Å². The standard InChI is InChI=1S/C16H11Cl3N2OS2/c1-8-2-4-10(18)15(14(8)19)21-13(22)7-23-16-20-11-6-9(17)3-5-12(11)24-16/h2-6H,7H2,1H3,(H,21,22). The van der Waals surface area contributed by atoms with Gasteiger partial charge in [-0.25, -0.2) is 4.98 Å². The monoisotopic (exact) mass is 416 g/mol. The topological polar surface area (TPSA) is 42.0 Å². The number of thioether (sulfide) groups is 1. The molecule has 3 aromatic rings. The van der Waals surface area contributed by atoms with Gasteiger partial charge >= 0.3 is 0 Å². The number of aryl methyl sites for hydroxylation is 1. The molecule has 0 atom stereocenters. The van der Waals surface area contributed by atoms with Gasteiger partial charge in [-0.05, 0) is 36.8 Å². The lowest BCUT2D eigenvalue weighted by molar-refractivity contribution is -0.113. The molecule has 3 rings (SSSR count). The fourth-order valence-electron chi connectivity index (χ4n) is 2.02. The minimum Gasteiger partial charge on any atom is -0.323 e. The second kappa shape index (κ2) is 7.50. The molecule has 1 heterocycles. The maximum Gasteiger partial charge on any atom is 0.234 e. The van der Waals surface area contributed by atoms with Gasteiger partial charge in [0.2, 0.25) is 5.91 Å². The number of anilines is 1. The van der Waals surface area contributed by atoms with Crippen LogP contribution in [-0.4, -0.2) is 16.6 Å². The molecule has 0 aliphatic heterocycles. The average molecular weight is 418 g/mol. The van der Waals surface area contributed by atoms with Gasteiger partial charge in [0.25, 0.3) is 0 Å². The van der Waals surface area contributed by atoms with E-state index in [2.05, 4.69) is 10.3 Å². The molecule has 0 saturated carbocycles. The molecule has 8 heteroatoms. The van der Waals surface area contributed by atoms with E-state index in [-0.39, 0.29) is 11.7 Å². The summed E-state index contributed by atoms with van der Waals surface area (Å²) in [6, 6.07) is 9.07. The number of thiazole rings is 1. The molecule has 0 aliphatic carbocycles. The molecule has 1 N–H and O–H groups in total. The summed E-state index contributed by atoms with van der Waals surface area (Å²) in [5.74, 6) is 0.0282. The Kier molecular flexibility index (Phi) is 5.57. The van der Waals surface area contributed by atoms with Gasteiger partial charge in [-0.1, -0.05) is 52.6 Å². The molecule has 2 aromatic carbocycles. The van der Waals surface area contributed by atoms with Gasteiger partial charge in [0.05, 0.1) is 31.7 Å². The first-order valence-electron chi connectivity index (χ1n) is 6.87. The number of rotatable bonds is 4. The van der Waals surface area contributed by atoms with Crippen LogP contribution < -0.4 is 5.32 Å². The molecule has 0 fully saturated rings. The van der Waals surface area contributed by atoms with Crippen molar-refractivity contribution in [1.82, 2.24) is 4.98 Å². The first kappa shape index (κ1) is 17.8. The lowest BCUT2D eigenvalue weighted by Gasteiger charge is -2.10. The summed E-state index contributed by atoms with van der Waals surface area (Å²) in [5.41, 5.74) is 2.13. The van der Waals surface area contributed by atoms with Crippen molar-refractivity contribution in [1.29, 1.82) is 0 Å². The molecule has 3 nitrogen and oxygen atoms in total. The van der Waals surface area contributed by atoms with Crippen LogP contribution in [-0.2, 0) is 4.79 Å². The van der Waals surface area contributed by atoms with Crippen molar-refractivity contribution in [2.24, 2.45) is 0 Å². The third kappa shape index (κ3) is 3.98. The number of nitrogens with one attached hydrogen (secondary N) is 1. The quantitative estimate of drug-likeness (QED) is 0.507. The van der Waals surface area contributed by atoms with Crippen LogP contribution >= 0.6 is 57.9 Å². The normalized spacial score (nSPS) is 11.0. The Bertz CT molecular complexity index is 927. The van der Waals surface area contributed by atoms with Crippen LogP contribution in [0, 0.1) is 6.92 Å². The summed E-state index contributed by atoms with van der Waals surface area (Å²) < 4.78 is 1.84. The van der Waals surface area contributed by atoms with E-state index in [0.717, 1.165) is 20.1 Å². The molecule has 0 spiro atoms. The number of hydrogen-bond acceptors (Lipinski definition) is 4. The minimum absolute atomic E-state index is 0.188. The number of benzene rings is 2. The van der Waals surface area contributed by atoms with Crippen molar-refractivity contribution in [2.45, 2.75) is 11.3 Å². The van der Waals surface area contributed by atoms with Gasteiger partial charge in [0, 0.05) is 5.02 Å². The van der Waals surface area contributed by atoms with E-state index in [1.807, 2.05) is 25.1 Å². The highest BCUT2D eigenvalue weighted by Crippen LogP contribution is 2.34. The minimum atomic E-state index is -0.188. The zero-order valence-electron chi connectivity index (χ0n) is 12.4. The van der Waals surface area contributed by atoms with Gasteiger partial charge < -0.3 is 5.32 Å². The maximum atomic E-state index is 12.2. The Hall–Kier alpha value is -0.980. The lowest BCUT2D eigenvalue weighted by atomic mass is 10.2. The summed E-state index contributed by atoms with van der Waals surface area (Å²) in [4.78, 5) is 16.6. The number of carbonyl (C=O) groups is 1. The highest BCUT2D eigenvalue weighted by atomic mass is 35.5. The predicted molar refractivity (Wildman–Crippen MR) is 105 cm³/mol. The Morgan fingerprint density at radius 2 is 2.04 bits per heavy atom. The molecule has 124 valence electrons. The van der Waals surface area contributed by atoms with Crippen LogP contribution in [0.15, 0.2) is 34.7 Å². The van der Waals surface area contributed by atoms with E-state index in [1.54, 1.807) is 12.1 Å². The van der Waals surface area contributed by atoms with E-state index in [9.17, 15) is 4.79 Å². The highest BCUT2D eigenvalue weighted by Gasteiger charge is 2.13. The molecule has 0 saturated heterocycles. The molecule has 1 aromatic heterocycles. The molecule has 0 aliphatic rings. The van der Waals surface area contributed by atoms with Gasteiger partial charge in [0.1, 0.15) is 0 Å². The third-order valence-electron chi connectivity index (χ3n) is 3.21. The average Bonchev–Trinajstić information content (AvgIpc) is 2.95. The zero-order chi connectivity index (χ0) is 17.3. The van der Waals surface area contributed by atoms with Crippen LogP contribution in [0.25, 0.3) is 10.2 Å². The molecule has 0 radical (unpaired) electrons. The number of halogens is 3. The second-order valence-electron chi connectivity index (χ2n) is 4.98. The summed E-state index contributed by atoms with van der Waals surface area (Å²) in [7, 11) is 0. The number of nitrogens with zero attached hydrogens (tertiary/aromatic N) is 1. The lowest BCUT2D eigenvalue weighted by Crippen LogP contribution is -2.14. The predicted octanol–water partition coefficient (Wildman–Crippen LogP) is 6.30. The van der Waals surface area contributed by atoms with E-state index >= 15 is 0 Å². The van der Waals surface area contributed by atoms with Crippen LogP contribution in [0.2, 0.25) is 15.1 Å². The number of fused-ring (bicyclic) bond motifs is 1. The summed E-state index contributed by atoms with van der Waals surface area (Å²) in [6.07, 6.45) is 0. The van der Waals surface area contributed by atoms with E-state index in [0.29, 0.717) is 20.8 Å². The fraction of sp³-hybridized carbons (Fsp3) is 0.125. The molecular weight excluding hydrogens is 407 g/mol. The maximum absolute atomic E-state index is 12.2. The van der Waals surface area contributed by atoms with Crippen molar-refractivity contribution in [3.63, 3.8) is 0 Å². The molecule has 24 heavy (non-hydrogen) atoms. The van der Waals surface area contributed by atoms with Crippen LogP contribution in [0.4, 0.5) is 5.69 Å². The summed E-state index contributed by atoms with van der Waals surface area (Å²) in [5, 5.41) is 4.28. The first-order valence-corrected chi connectivity index (χ1v) is 9.81. The molecular formula is C16H11Cl3N2OS2. The number of amides is 1. The number of hydrogen-bond donors (Lipinski definition) is 1. The highest BCUT2D eigenvalue weighted by molar-refractivity contribution is 8.01. The van der Waals surface area contributed by atoms with Crippen molar-refractivity contribution in [2.75, 3.05) is 11.1 Å². The first-order chi connectivity index (χ1) is 11.4. The van der Waals surface area contributed by atoms with Crippen molar-refractivity contribution < 1.29 is 4.79 Å². The third-order valence-corrected chi connectivity index (χ3v) is 6.42. The molecule has 0 bridgehead atoms. The number of carbonyl (C=O) groups excluding carboxylic acids is 1. The van der Waals surface area contributed by atoms with E-state index in [1.165, 1.54) is 23.1 Å². The fourth-order valence-corrected chi connectivity index (χ4v) is 4.50. The van der Waals surface area contributed by atoms with E-state index in [4.69, 9.17) is 34.8 Å². The Labute approximate surface area is 162 Å². The summed E-state index contributed by atoms with van der Waals surface area (Å²) >= 11 is 21.1. The van der Waals surface area contributed by atoms with Crippen LogP contribution in [0.5, 0.6) is 0 Å². The Morgan fingerprint density at radius 1 is 1.25 bits per heavy atom. The number of aromatic nitrogens is 1. The van der Waals surface area contributed by atoms with Crippen LogP contribution in [0.1, 0.15) is 5.56 Å². The SMILES string of the molecule is Cc1ccc(Cl)c(NC(=O)CSc2nc3cc(Cl)ccc3s2)c1Cl. The second-order valence-corrected chi connectivity index (χ2v) is 8.46. The van der Waals surface area contributed by atoms with Crippen molar-refractivity contribution in [3.05, 3.63) is 51.0 Å². The van der Waals surface area contributed by atoms with Gasteiger partial charge in [-0.15, -0.1) is 11.3 Å². The molecule has 1 amide bonds. The largest absolute Gasteiger partial charge is 0.323 e.